The molecule has 0 unspecified atom stereocenters. The summed E-state index contributed by atoms with van der Waals surface area (Å²) in [7, 11) is 1.84. The molecular formula is C4H9Cl2N. The highest BCUT2D eigenvalue weighted by molar-refractivity contribution is 6.21. The first-order valence-electron chi connectivity index (χ1n) is 2.14. The lowest BCUT2D eigenvalue weighted by Crippen LogP contribution is -2.28. The molecule has 0 aliphatic heterocycles. The second kappa shape index (κ2) is 4.69. The molecule has 0 saturated heterocycles. The molecule has 0 aliphatic carbocycles. The average molecular weight is 142 g/mol. The molecule has 0 aromatic rings. The molecule has 7 heavy (non-hydrogen) atoms. The summed E-state index contributed by atoms with van der Waals surface area (Å²) in [6.07, 6.45) is 0. The van der Waals surface area contributed by atoms with Crippen molar-refractivity contribution in [3.05, 3.63) is 0 Å². The van der Waals surface area contributed by atoms with Crippen LogP contribution in [0.5, 0.6) is 0 Å². The maximum absolute atomic E-state index is 5.42. The first-order chi connectivity index (χ1) is 3.35. The fourth-order valence-corrected chi connectivity index (χ4v) is 0.834. The van der Waals surface area contributed by atoms with Gasteiger partial charge in [0.1, 0.15) is 0 Å². The Balaban J connectivity index is 2.99. The SMILES string of the molecule is CNC(CCl)CCl. The summed E-state index contributed by atoms with van der Waals surface area (Å²) in [4.78, 5) is 0. The van der Waals surface area contributed by atoms with Crippen molar-refractivity contribution in [3.8, 4) is 0 Å². The first kappa shape index (κ1) is 7.54. The van der Waals surface area contributed by atoms with Gasteiger partial charge in [-0.15, -0.1) is 23.2 Å². The van der Waals surface area contributed by atoms with E-state index in [2.05, 4.69) is 5.32 Å². The van der Waals surface area contributed by atoms with E-state index in [1.54, 1.807) is 0 Å². The average Bonchev–Trinajstić information content (AvgIpc) is 1.72. The molecule has 3 heteroatoms. The molecule has 0 bridgehead atoms. The first-order valence-corrected chi connectivity index (χ1v) is 3.21. The maximum Gasteiger partial charge on any atom is 0.0388 e. The quantitative estimate of drug-likeness (QED) is 0.580. The highest BCUT2D eigenvalue weighted by Crippen LogP contribution is 1.88. The van der Waals surface area contributed by atoms with Gasteiger partial charge < -0.3 is 5.32 Å². The standard InChI is InChI=1S/C4H9Cl2N/c1-7-4(2-5)3-6/h4,7H,2-3H2,1H3. The third-order valence-corrected chi connectivity index (χ3v) is 1.53. The molecule has 0 fully saturated rings. The number of alkyl halides is 2. The van der Waals surface area contributed by atoms with Crippen molar-refractivity contribution >= 4 is 23.2 Å². The highest BCUT2D eigenvalue weighted by Gasteiger charge is 1.97. The van der Waals surface area contributed by atoms with Crippen molar-refractivity contribution in [1.29, 1.82) is 0 Å². The Bertz CT molecular complexity index is 31.2. The Hall–Kier alpha value is 0.540. The van der Waals surface area contributed by atoms with E-state index in [0.717, 1.165) is 0 Å². The molecule has 1 nitrogen and oxygen atoms in total. The summed E-state index contributed by atoms with van der Waals surface area (Å²) in [6.45, 7) is 0. The van der Waals surface area contributed by atoms with Crippen LogP contribution in [0.4, 0.5) is 0 Å². The minimum absolute atomic E-state index is 0.267. The van der Waals surface area contributed by atoms with Crippen LogP contribution in [0, 0.1) is 0 Å². The normalized spacial score (nSPS) is 10.3. The summed E-state index contributed by atoms with van der Waals surface area (Å²) >= 11 is 10.8. The lowest BCUT2D eigenvalue weighted by Gasteiger charge is -2.05. The Morgan fingerprint density at radius 2 is 1.86 bits per heavy atom. The monoisotopic (exact) mass is 141 g/mol. The molecule has 1 N–H and O–H groups in total. The van der Waals surface area contributed by atoms with E-state index in [-0.39, 0.29) is 6.04 Å². The third-order valence-electron chi connectivity index (χ3n) is 0.781. The van der Waals surface area contributed by atoms with Gasteiger partial charge in [0.2, 0.25) is 0 Å². The highest BCUT2D eigenvalue weighted by atomic mass is 35.5. The molecule has 0 aromatic carbocycles. The van der Waals surface area contributed by atoms with E-state index in [1.807, 2.05) is 7.05 Å². The van der Waals surface area contributed by atoms with Crippen molar-refractivity contribution in [3.63, 3.8) is 0 Å². The summed E-state index contributed by atoms with van der Waals surface area (Å²) in [5.41, 5.74) is 0. The van der Waals surface area contributed by atoms with Crippen LogP contribution in [0.25, 0.3) is 0 Å². The molecule has 0 saturated carbocycles. The van der Waals surface area contributed by atoms with Crippen molar-refractivity contribution in [2.45, 2.75) is 6.04 Å². The Morgan fingerprint density at radius 1 is 1.43 bits per heavy atom. The zero-order valence-corrected chi connectivity index (χ0v) is 5.76. The van der Waals surface area contributed by atoms with Crippen molar-refractivity contribution in [2.24, 2.45) is 0 Å². The van der Waals surface area contributed by atoms with E-state index in [9.17, 15) is 0 Å². The third kappa shape index (κ3) is 3.15. The predicted molar refractivity (Wildman–Crippen MR) is 34.3 cm³/mol. The van der Waals surface area contributed by atoms with Crippen LogP contribution >= 0.6 is 23.2 Å². The predicted octanol–water partition coefficient (Wildman–Crippen LogP) is 1.05. The number of halogens is 2. The lowest BCUT2D eigenvalue weighted by atomic mass is 10.4. The number of hydrogen-bond donors (Lipinski definition) is 1. The van der Waals surface area contributed by atoms with E-state index in [1.165, 1.54) is 0 Å². The molecule has 0 heterocycles. The zero-order valence-electron chi connectivity index (χ0n) is 4.25. The summed E-state index contributed by atoms with van der Waals surface area (Å²) in [5.74, 6) is 1.17. The van der Waals surface area contributed by atoms with Gasteiger partial charge in [0.25, 0.3) is 0 Å². The molecule has 0 radical (unpaired) electrons. The Kier molecular flexibility index (Phi) is 5.05. The molecule has 0 rings (SSSR count). The fraction of sp³-hybridized carbons (Fsp3) is 1.00. The maximum atomic E-state index is 5.42. The van der Waals surface area contributed by atoms with Crippen molar-refractivity contribution in [2.75, 3.05) is 18.8 Å². The molecule has 44 valence electrons. The van der Waals surface area contributed by atoms with Crippen LogP contribution in [-0.4, -0.2) is 24.8 Å². The summed E-state index contributed by atoms with van der Waals surface area (Å²) < 4.78 is 0. The van der Waals surface area contributed by atoms with E-state index in [4.69, 9.17) is 23.2 Å². The molecule has 0 amide bonds. The van der Waals surface area contributed by atoms with Gasteiger partial charge in [-0.1, -0.05) is 0 Å². The van der Waals surface area contributed by atoms with Crippen LogP contribution in [0.1, 0.15) is 0 Å². The Labute approximate surface area is 54.0 Å². The van der Waals surface area contributed by atoms with Crippen LogP contribution in [-0.2, 0) is 0 Å². The summed E-state index contributed by atoms with van der Waals surface area (Å²) in [6, 6.07) is 0.267. The molecule has 0 aliphatic rings. The molecular weight excluding hydrogens is 133 g/mol. The lowest BCUT2D eigenvalue weighted by molar-refractivity contribution is 0.680. The minimum Gasteiger partial charge on any atom is -0.315 e. The van der Waals surface area contributed by atoms with Gasteiger partial charge in [0.15, 0.2) is 0 Å². The molecule has 0 atom stereocenters. The smallest absolute Gasteiger partial charge is 0.0388 e. The van der Waals surface area contributed by atoms with Crippen LogP contribution in [0.2, 0.25) is 0 Å². The van der Waals surface area contributed by atoms with E-state index < -0.39 is 0 Å². The largest absolute Gasteiger partial charge is 0.315 e. The molecule has 0 aromatic heterocycles. The zero-order chi connectivity index (χ0) is 5.70. The van der Waals surface area contributed by atoms with Crippen molar-refractivity contribution in [1.82, 2.24) is 5.32 Å². The van der Waals surface area contributed by atoms with Gasteiger partial charge in [0, 0.05) is 17.8 Å². The second-order valence-electron chi connectivity index (χ2n) is 1.29. The molecule has 0 spiro atoms. The van der Waals surface area contributed by atoms with Gasteiger partial charge in [0.05, 0.1) is 0 Å². The van der Waals surface area contributed by atoms with Gasteiger partial charge in [-0.3, -0.25) is 0 Å². The van der Waals surface area contributed by atoms with Gasteiger partial charge in [-0.25, -0.2) is 0 Å². The number of nitrogens with one attached hydrogen (secondary N) is 1. The fourth-order valence-electron chi connectivity index (χ4n) is 0.196. The Morgan fingerprint density at radius 3 is 1.86 bits per heavy atom. The topological polar surface area (TPSA) is 12.0 Å². The van der Waals surface area contributed by atoms with Crippen LogP contribution in [0.3, 0.4) is 0 Å². The number of hydrogen-bond acceptors (Lipinski definition) is 1. The van der Waals surface area contributed by atoms with Crippen molar-refractivity contribution < 1.29 is 0 Å². The number of rotatable bonds is 3. The van der Waals surface area contributed by atoms with E-state index in [0.29, 0.717) is 11.8 Å². The van der Waals surface area contributed by atoms with Gasteiger partial charge in [-0.2, -0.15) is 0 Å². The summed E-state index contributed by atoms with van der Waals surface area (Å²) in [5, 5.41) is 2.94. The van der Waals surface area contributed by atoms with Crippen LogP contribution < -0.4 is 5.32 Å². The van der Waals surface area contributed by atoms with Crippen LogP contribution in [0.15, 0.2) is 0 Å². The van der Waals surface area contributed by atoms with Gasteiger partial charge in [-0.05, 0) is 7.05 Å². The minimum atomic E-state index is 0.267. The van der Waals surface area contributed by atoms with E-state index >= 15 is 0 Å². The second-order valence-corrected chi connectivity index (χ2v) is 1.91. The van der Waals surface area contributed by atoms with Gasteiger partial charge >= 0.3 is 0 Å².